The smallest absolute Gasteiger partial charge is 0.253 e. The minimum absolute atomic E-state index is 0.0295. The van der Waals surface area contributed by atoms with E-state index in [2.05, 4.69) is 33.0 Å². The Bertz CT molecular complexity index is 841. The molecule has 2 atom stereocenters. The SMILES string of the molecule is CC(C)C(NC(=O)c1ccccc1Cl)C(=O)NCC1CCCN(Cc2cccs2)C1. The van der Waals surface area contributed by atoms with Crippen LogP contribution in [0.2, 0.25) is 5.02 Å². The summed E-state index contributed by atoms with van der Waals surface area (Å²) in [5.74, 6) is -0.0668. The lowest BCUT2D eigenvalue weighted by molar-refractivity contribution is -0.124. The maximum atomic E-state index is 12.8. The summed E-state index contributed by atoms with van der Waals surface area (Å²) in [7, 11) is 0. The van der Waals surface area contributed by atoms with E-state index in [1.54, 1.807) is 35.6 Å². The zero-order valence-electron chi connectivity index (χ0n) is 17.6. The third-order valence-electron chi connectivity index (χ3n) is 5.48. The molecule has 2 unspecified atom stereocenters. The minimum atomic E-state index is -0.598. The van der Waals surface area contributed by atoms with E-state index >= 15 is 0 Å². The van der Waals surface area contributed by atoms with Crippen molar-refractivity contribution >= 4 is 34.8 Å². The molecule has 0 aliphatic carbocycles. The lowest BCUT2D eigenvalue weighted by Crippen LogP contribution is -2.51. The van der Waals surface area contributed by atoms with Gasteiger partial charge in [-0.2, -0.15) is 0 Å². The van der Waals surface area contributed by atoms with E-state index in [9.17, 15) is 9.59 Å². The number of rotatable bonds is 8. The van der Waals surface area contributed by atoms with Gasteiger partial charge in [0, 0.05) is 24.5 Å². The molecule has 7 heteroatoms. The number of hydrogen-bond acceptors (Lipinski definition) is 4. The molecular weight excluding hydrogens is 418 g/mol. The summed E-state index contributed by atoms with van der Waals surface area (Å²) in [5, 5.41) is 8.42. The molecular formula is C23H30ClN3O2S. The molecule has 162 valence electrons. The number of carbonyl (C=O) groups excluding carboxylic acids is 2. The quantitative estimate of drug-likeness (QED) is 0.638. The van der Waals surface area contributed by atoms with Crippen molar-refractivity contribution in [3.8, 4) is 0 Å². The van der Waals surface area contributed by atoms with Crippen LogP contribution in [0, 0.1) is 11.8 Å². The van der Waals surface area contributed by atoms with E-state index in [0.717, 1.165) is 32.5 Å². The largest absolute Gasteiger partial charge is 0.354 e. The zero-order valence-corrected chi connectivity index (χ0v) is 19.1. The highest BCUT2D eigenvalue weighted by Crippen LogP contribution is 2.20. The maximum Gasteiger partial charge on any atom is 0.253 e. The summed E-state index contributed by atoms with van der Waals surface area (Å²) in [6.45, 7) is 7.55. The number of piperidine rings is 1. The van der Waals surface area contributed by atoms with Crippen LogP contribution in [0.5, 0.6) is 0 Å². The Morgan fingerprint density at radius 3 is 2.73 bits per heavy atom. The topological polar surface area (TPSA) is 61.4 Å². The van der Waals surface area contributed by atoms with E-state index in [4.69, 9.17) is 11.6 Å². The van der Waals surface area contributed by atoms with E-state index in [-0.39, 0.29) is 17.7 Å². The van der Waals surface area contributed by atoms with Crippen molar-refractivity contribution in [2.24, 2.45) is 11.8 Å². The molecule has 0 spiro atoms. The average molecular weight is 448 g/mol. The molecule has 2 amide bonds. The molecule has 0 bridgehead atoms. The minimum Gasteiger partial charge on any atom is -0.354 e. The molecule has 1 saturated heterocycles. The molecule has 1 fully saturated rings. The summed E-state index contributed by atoms with van der Waals surface area (Å²) in [4.78, 5) is 29.3. The molecule has 30 heavy (non-hydrogen) atoms. The lowest BCUT2D eigenvalue weighted by atomic mass is 9.97. The summed E-state index contributed by atoms with van der Waals surface area (Å²) >= 11 is 7.91. The predicted molar refractivity (Wildman–Crippen MR) is 123 cm³/mol. The summed E-state index contributed by atoms with van der Waals surface area (Å²) in [6.07, 6.45) is 2.25. The van der Waals surface area contributed by atoms with Gasteiger partial charge in [0.2, 0.25) is 5.91 Å². The second-order valence-electron chi connectivity index (χ2n) is 8.24. The molecule has 5 nitrogen and oxygen atoms in total. The molecule has 3 rings (SSSR count). The molecule has 1 aromatic carbocycles. The molecule has 1 aliphatic rings. The first-order chi connectivity index (χ1) is 14.4. The van der Waals surface area contributed by atoms with E-state index in [1.807, 2.05) is 13.8 Å². The van der Waals surface area contributed by atoms with Crippen LogP contribution in [0.4, 0.5) is 0 Å². The van der Waals surface area contributed by atoms with Crippen molar-refractivity contribution in [3.63, 3.8) is 0 Å². The van der Waals surface area contributed by atoms with Gasteiger partial charge in [-0.25, -0.2) is 0 Å². The van der Waals surface area contributed by atoms with Gasteiger partial charge in [0.05, 0.1) is 10.6 Å². The number of nitrogens with one attached hydrogen (secondary N) is 2. The fourth-order valence-electron chi connectivity index (χ4n) is 3.84. The Morgan fingerprint density at radius 1 is 1.23 bits per heavy atom. The summed E-state index contributed by atoms with van der Waals surface area (Å²) in [6, 6.07) is 10.5. The third kappa shape index (κ3) is 6.30. The zero-order chi connectivity index (χ0) is 21.5. The number of likely N-dealkylation sites (tertiary alicyclic amines) is 1. The van der Waals surface area contributed by atoms with Crippen LogP contribution < -0.4 is 10.6 Å². The van der Waals surface area contributed by atoms with Crippen LogP contribution in [0.25, 0.3) is 0 Å². The molecule has 2 heterocycles. The Kier molecular flexibility index (Phi) is 8.31. The number of amides is 2. The van der Waals surface area contributed by atoms with Crippen molar-refractivity contribution in [1.82, 2.24) is 15.5 Å². The first-order valence-electron chi connectivity index (χ1n) is 10.5. The predicted octanol–water partition coefficient (Wildman–Crippen LogP) is 4.18. The molecule has 1 aromatic heterocycles. The highest BCUT2D eigenvalue weighted by molar-refractivity contribution is 7.09. The molecule has 0 radical (unpaired) electrons. The van der Waals surface area contributed by atoms with Crippen LogP contribution in [-0.2, 0) is 11.3 Å². The Hall–Kier alpha value is -1.89. The van der Waals surface area contributed by atoms with Crippen molar-refractivity contribution in [3.05, 3.63) is 57.2 Å². The van der Waals surface area contributed by atoms with Crippen LogP contribution >= 0.6 is 22.9 Å². The normalized spacial score (nSPS) is 18.2. The highest BCUT2D eigenvalue weighted by Gasteiger charge is 2.27. The standard InChI is InChI=1S/C23H30ClN3O2S/c1-16(2)21(26-22(28)19-9-3-4-10-20(19)24)23(29)25-13-17-7-5-11-27(14-17)15-18-8-6-12-30-18/h3-4,6,8-10,12,16-17,21H,5,7,11,13-15H2,1-2H3,(H,25,29)(H,26,28). The first-order valence-corrected chi connectivity index (χ1v) is 11.8. The van der Waals surface area contributed by atoms with Gasteiger partial charge in [0.1, 0.15) is 6.04 Å². The lowest BCUT2D eigenvalue weighted by Gasteiger charge is -2.33. The fraction of sp³-hybridized carbons (Fsp3) is 0.478. The monoisotopic (exact) mass is 447 g/mol. The molecule has 2 N–H and O–H groups in total. The molecule has 0 saturated carbocycles. The van der Waals surface area contributed by atoms with Crippen molar-refractivity contribution in [2.45, 2.75) is 39.3 Å². The number of halogens is 1. The maximum absolute atomic E-state index is 12.8. The van der Waals surface area contributed by atoms with Gasteiger partial charge in [0.15, 0.2) is 0 Å². The average Bonchev–Trinajstić information content (AvgIpc) is 3.23. The molecule has 2 aromatic rings. The number of benzene rings is 1. The second-order valence-corrected chi connectivity index (χ2v) is 9.68. The second kappa shape index (κ2) is 10.9. The number of nitrogens with zero attached hydrogens (tertiary/aromatic N) is 1. The van der Waals surface area contributed by atoms with Crippen LogP contribution in [0.1, 0.15) is 41.9 Å². The van der Waals surface area contributed by atoms with Gasteiger partial charge in [-0.05, 0) is 54.8 Å². The Labute approximate surface area is 187 Å². The van der Waals surface area contributed by atoms with Crippen LogP contribution in [0.3, 0.4) is 0 Å². The Balaban J connectivity index is 1.52. The van der Waals surface area contributed by atoms with Crippen molar-refractivity contribution in [2.75, 3.05) is 19.6 Å². The molecule has 1 aliphatic heterocycles. The number of thiophene rings is 1. The first kappa shape index (κ1) is 22.8. The third-order valence-corrected chi connectivity index (χ3v) is 6.67. The summed E-state index contributed by atoms with van der Waals surface area (Å²) in [5.41, 5.74) is 0.383. The van der Waals surface area contributed by atoms with E-state index < -0.39 is 6.04 Å². The van der Waals surface area contributed by atoms with Gasteiger partial charge in [-0.15, -0.1) is 11.3 Å². The number of hydrogen-bond donors (Lipinski definition) is 2. The fourth-order valence-corrected chi connectivity index (χ4v) is 4.81. The van der Waals surface area contributed by atoms with Crippen molar-refractivity contribution < 1.29 is 9.59 Å². The Morgan fingerprint density at radius 2 is 2.03 bits per heavy atom. The van der Waals surface area contributed by atoms with E-state index in [1.165, 1.54) is 4.88 Å². The van der Waals surface area contributed by atoms with E-state index in [0.29, 0.717) is 23.0 Å². The van der Waals surface area contributed by atoms with Crippen LogP contribution in [0.15, 0.2) is 41.8 Å². The summed E-state index contributed by atoms with van der Waals surface area (Å²) < 4.78 is 0. The van der Waals surface area contributed by atoms with Crippen molar-refractivity contribution in [1.29, 1.82) is 0 Å². The highest BCUT2D eigenvalue weighted by atomic mass is 35.5. The number of carbonyl (C=O) groups is 2. The van der Waals surface area contributed by atoms with Gasteiger partial charge in [-0.3, -0.25) is 14.5 Å². The van der Waals surface area contributed by atoms with Gasteiger partial charge >= 0.3 is 0 Å². The van der Waals surface area contributed by atoms with Gasteiger partial charge in [0.25, 0.3) is 5.91 Å². The van der Waals surface area contributed by atoms with Gasteiger partial charge < -0.3 is 10.6 Å². The van der Waals surface area contributed by atoms with Gasteiger partial charge in [-0.1, -0.05) is 43.6 Å². The van der Waals surface area contributed by atoms with Crippen LogP contribution in [-0.4, -0.2) is 42.4 Å².